The highest BCUT2D eigenvalue weighted by Gasteiger charge is 2.11. The van der Waals surface area contributed by atoms with Crippen LogP contribution < -0.4 is 0 Å². The number of pyridine rings is 1. The van der Waals surface area contributed by atoms with Crippen LogP contribution in [-0.2, 0) is 0 Å². The highest BCUT2D eigenvalue weighted by molar-refractivity contribution is 5.34. The molecule has 0 saturated heterocycles. The van der Waals surface area contributed by atoms with Gasteiger partial charge >= 0.3 is 0 Å². The molecule has 0 bridgehead atoms. The van der Waals surface area contributed by atoms with Gasteiger partial charge in [-0.1, -0.05) is 0 Å². The molecule has 0 aliphatic carbocycles. The van der Waals surface area contributed by atoms with Gasteiger partial charge in [-0.15, -0.1) is 0 Å². The molecule has 2 nitrogen and oxygen atoms in total. The second kappa shape index (κ2) is 3.06. The Morgan fingerprint density at radius 1 is 1.64 bits per heavy atom. The first kappa shape index (κ1) is 7.61. The smallest absolute Gasteiger partial charge is 0.253 e. The minimum Gasteiger partial charge on any atom is -0.253 e. The molecule has 1 aromatic heterocycles. The maximum Gasteiger partial charge on any atom is 0.265 e. The molecule has 0 unspecified atom stereocenters. The van der Waals surface area contributed by atoms with Gasteiger partial charge < -0.3 is 0 Å². The largest absolute Gasteiger partial charge is 0.265 e. The molecule has 0 N–H and O–H groups in total. The maximum absolute atomic E-state index is 12.0. The predicted octanol–water partition coefficient (Wildman–Crippen LogP) is 1.69. The van der Waals surface area contributed by atoms with Crippen molar-refractivity contribution in [3.05, 3.63) is 29.6 Å². The maximum atomic E-state index is 12.0. The Morgan fingerprint density at radius 2 is 2.36 bits per heavy atom. The molecule has 55 valence electrons. The van der Waals surface area contributed by atoms with Gasteiger partial charge in [0.05, 0.1) is 5.56 Å². The van der Waals surface area contributed by atoms with Crippen molar-refractivity contribution in [2.75, 3.05) is 0 Å². The van der Waals surface area contributed by atoms with E-state index in [9.17, 15) is 8.78 Å². The van der Waals surface area contributed by atoms with Crippen LogP contribution in [0.25, 0.3) is 0 Å². The monoisotopic (exact) mass is 153 g/mol. The Labute approximate surface area is 62.1 Å². The summed E-state index contributed by atoms with van der Waals surface area (Å²) in [5.41, 5.74) is -0.509. The van der Waals surface area contributed by atoms with Crippen molar-refractivity contribution in [1.82, 2.24) is 4.98 Å². The Balaban J connectivity index is 3.15. The summed E-state index contributed by atoms with van der Waals surface area (Å²) in [6.45, 7) is 0. The van der Waals surface area contributed by atoms with Crippen LogP contribution in [0.2, 0.25) is 0 Å². The molecule has 0 saturated carbocycles. The third-order valence-corrected chi connectivity index (χ3v) is 1.14. The molecule has 1 radical (unpaired) electrons. The lowest BCUT2D eigenvalue weighted by Gasteiger charge is -1.98. The summed E-state index contributed by atoms with van der Waals surface area (Å²) in [4.78, 5) is 3.42. The number of nitriles is 1. The average Bonchev–Trinajstić information content (AvgIpc) is 2.04. The fourth-order valence-corrected chi connectivity index (χ4v) is 0.639. The third-order valence-electron chi connectivity index (χ3n) is 1.14. The van der Waals surface area contributed by atoms with Gasteiger partial charge in [0, 0.05) is 11.8 Å². The number of alkyl halides is 2. The molecule has 0 fully saturated rings. The number of halogens is 2. The van der Waals surface area contributed by atoms with Crippen molar-refractivity contribution in [2.45, 2.75) is 6.43 Å². The van der Waals surface area contributed by atoms with E-state index in [2.05, 4.69) is 11.2 Å². The van der Waals surface area contributed by atoms with E-state index >= 15 is 0 Å². The molecule has 0 aliphatic heterocycles. The van der Waals surface area contributed by atoms with Gasteiger partial charge in [0.2, 0.25) is 0 Å². The standard InChI is InChI=1S/C7H3F2N2/c8-7(9)6-1-2-11-4-5(6)3-10/h1-2,7H. The second-order valence-corrected chi connectivity index (χ2v) is 1.80. The Morgan fingerprint density at radius 3 is 2.82 bits per heavy atom. The summed E-state index contributed by atoms with van der Waals surface area (Å²) in [5, 5.41) is 8.31. The minimum atomic E-state index is -2.64. The number of rotatable bonds is 1. The van der Waals surface area contributed by atoms with Crippen LogP contribution in [0, 0.1) is 17.5 Å². The zero-order valence-electron chi connectivity index (χ0n) is 5.38. The summed E-state index contributed by atoms with van der Waals surface area (Å²) in [6, 6.07) is 2.69. The molecule has 1 rings (SSSR count). The second-order valence-electron chi connectivity index (χ2n) is 1.80. The van der Waals surface area contributed by atoms with Gasteiger partial charge in [0.1, 0.15) is 12.3 Å². The molecule has 0 atom stereocenters. The topological polar surface area (TPSA) is 36.7 Å². The van der Waals surface area contributed by atoms with E-state index in [4.69, 9.17) is 5.26 Å². The third kappa shape index (κ3) is 1.49. The van der Waals surface area contributed by atoms with Crippen LogP contribution in [0.5, 0.6) is 0 Å². The van der Waals surface area contributed by atoms with Gasteiger partial charge in [-0.05, 0) is 6.07 Å². The predicted molar refractivity (Wildman–Crippen MR) is 32.7 cm³/mol. The van der Waals surface area contributed by atoms with Crippen LogP contribution in [0.15, 0.2) is 12.3 Å². The molecule has 1 aromatic rings. The lowest BCUT2D eigenvalue weighted by Crippen LogP contribution is -1.90. The van der Waals surface area contributed by atoms with Crippen molar-refractivity contribution in [3.63, 3.8) is 0 Å². The summed E-state index contributed by atoms with van der Waals surface area (Å²) in [6.07, 6.45) is 0.724. The summed E-state index contributed by atoms with van der Waals surface area (Å²) in [7, 11) is 0. The lowest BCUT2D eigenvalue weighted by molar-refractivity contribution is 0.151. The molecule has 11 heavy (non-hydrogen) atoms. The lowest BCUT2D eigenvalue weighted by atomic mass is 10.2. The van der Waals surface area contributed by atoms with Crippen LogP contribution in [0.4, 0.5) is 8.78 Å². The molecule has 0 aliphatic rings. The number of nitrogens with zero attached hydrogens (tertiary/aromatic N) is 2. The van der Waals surface area contributed by atoms with Crippen molar-refractivity contribution < 1.29 is 8.78 Å². The summed E-state index contributed by atoms with van der Waals surface area (Å²) < 4.78 is 24.0. The zero-order valence-corrected chi connectivity index (χ0v) is 5.38. The van der Waals surface area contributed by atoms with Crippen LogP contribution in [0.1, 0.15) is 17.6 Å². The first-order chi connectivity index (χ1) is 5.25. The van der Waals surface area contributed by atoms with Crippen LogP contribution in [-0.4, -0.2) is 4.98 Å². The Kier molecular flexibility index (Phi) is 2.12. The van der Waals surface area contributed by atoms with E-state index in [0.29, 0.717) is 0 Å². The SMILES string of the molecule is N#Cc1[c]nccc1C(F)F. The Bertz CT molecular complexity index is 291. The zero-order chi connectivity index (χ0) is 8.27. The molecule has 0 spiro atoms. The van der Waals surface area contributed by atoms with Crippen LogP contribution >= 0.6 is 0 Å². The minimum absolute atomic E-state index is 0.192. The number of hydrogen-bond donors (Lipinski definition) is 0. The quantitative estimate of drug-likeness (QED) is 0.615. The number of hydrogen-bond acceptors (Lipinski definition) is 2. The van der Waals surface area contributed by atoms with Crippen molar-refractivity contribution in [2.24, 2.45) is 0 Å². The van der Waals surface area contributed by atoms with E-state index in [0.717, 1.165) is 6.07 Å². The fourth-order valence-electron chi connectivity index (χ4n) is 0.639. The molecular weight excluding hydrogens is 150 g/mol. The van der Waals surface area contributed by atoms with E-state index in [1.54, 1.807) is 6.07 Å². The van der Waals surface area contributed by atoms with E-state index < -0.39 is 6.43 Å². The number of aromatic nitrogens is 1. The summed E-state index contributed by atoms with van der Waals surface area (Å²) in [5.74, 6) is 0. The van der Waals surface area contributed by atoms with Crippen molar-refractivity contribution in [3.8, 4) is 6.07 Å². The van der Waals surface area contributed by atoms with Gasteiger partial charge in [-0.2, -0.15) is 5.26 Å². The molecule has 4 heteroatoms. The fraction of sp³-hybridized carbons (Fsp3) is 0.143. The normalized spacial score (nSPS) is 9.64. The summed E-state index contributed by atoms with van der Waals surface area (Å²) >= 11 is 0. The van der Waals surface area contributed by atoms with Gasteiger partial charge in [0.15, 0.2) is 0 Å². The molecular formula is C7H3F2N2. The molecule has 0 aromatic carbocycles. The van der Waals surface area contributed by atoms with E-state index in [1.807, 2.05) is 0 Å². The Hall–Kier alpha value is -1.50. The highest BCUT2D eigenvalue weighted by atomic mass is 19.3. The van der Waals surface area contributed by atoms with Crippen molar-refractivity contribution >= 4 is 0 Å². The van der Waals surface area contributed by atoms with E-state index in [-0.39, 0.29) is 11.1 Å². The van der Waals surface area contributed by atoms with Crippen molar-refractivity contribution in [1.29, 1.82) is 5.26 Å². The van der Waals surface area contributed by atoms with Crippen LogP contribution in [0.3, 0.4) is 0 Å². The first-order valence-corrected chi connectivity index (χ1v) is 2.80. The van der Waals surface area contributed by atoms with Gasteiger partial charge in [-0.3, -0.25) is 4.98 Å². The first-order valence-electron chi connectivity index (χ1n) is 2.80. The molecule has 1 heterocycles. The average molecular weight is 153 g/mol. The van der Waals surface area contributed by atoms with Gasteiger partial charge in [0.25, 0.3) is 6.43 Å². The van der Waals surface area contributed by atoms with E-state index in [1.165, 1.54) is 6.20 Å². The molecule has 0 amide bonds. The van der Waals surface area contributed by atoms with Gasteiger partial charge in [-0.25, -0.2) is 8.78 Å². The highest BCUT2D eigenvalue weighted by Crippen LogP contribution is 2.20.